The van der Waals surface area contributed by atoms with Crippen LogP contribution in [0.1, 0.15) is 0 Å². The maximum absolute atomic E-state index is 12.2. The molecule has 1 heterocycles. The number of nitrogens with one attached hydrogen (secondary N) is 2. The molecule has 0 amide bonds. The molecule has 0 saturated carbocycles. The Balaban J connectivity index is 2.05. The summed E-state index contributed by atoms with van der Waals surface area (Å²) in [7, 11) is -2.01. The Morgan fingerprint density at radius 1 is 1.18 bits per heavy atom. The summed E-state index contributed by atoms with van der Waals surface area (Å²) in [5, 5.41) is 3.10. The Morgan fingerprint density at radius 2 is 1.91 bits per heavy atom. The first-order chi connectivity index (χ1) is 10.5. The third-order valence-corrected chi connectivity index (χ3v) is 4.66. The van der Waals surface area contributed by atoms with E-state index in [1.165, 1.54) is 12.1 Å². The third-order valence-electron chi connectivity index (χ3n) is 2.76. The molecule has 22 heavy (non-hydrogen) atoms. The summed E-state index contributed by atoms with van der Waals surface area (Å²) in [6, 6.07) is 9.74. The van der Waals surface area contributed by atoms with Gasteiger partial charge in [0.25, 0.3) is 10.0 Å². The van der Waals surface area contributed by atoms with Gasteiger partial charge in [0, 0.05) is 18.1 Å². The van der Waals surface area contributed by atoms with Crippen LogP contribution in [-0.2, 0) is 14.8 Å². The number of hydrogen-bond donors (Lipinski definition) is 2. The molecule has 0 spiro atoms. The van der Waals surface area contributed by atoms with Crippen LogP contribution in [0.25, 0.3) is 0 Å². The SMILES string of the molecule is COCCNc1ccc(NS(=O)(=O)c2ccc(Br)cc2)nc1. The number of rotatable bonds is 7. The van der Waals surface area contributed by atoms with Gasteiger partial charge >= 0.3 is 0 Å². The van der Waals surface area contributed by atoms with E-state index in [4.69, 9.17) is 4.74 Å². The highest BCUT2D eigenvalue weighted by molar-refractivity contribution is 9.10. The number of hydrogen-bond acceptors (Lipinski definition) is 5. The molecule has 0 unspecified atom stereocenters. The van der Waals surface area contributed by atoms with Crippen molar-refractivity contribution in [2.24, 2.45) is 0 Å². The fraction of sp³-hybridized carbons (Fsp3) is 0.214. The van der Waals surface area contributed by atoms with Crippen molar-refractivity contribution in [3.05, 3.63) is 47.1 Å². The lowest BCUT2D eigenvalue weighted by Gasteiger charge is -2.09. The van der Waals surface area contributed by atoms with Crippen LogP contribution in [0.2, 0.25) is 0 Å². The van der Waals surface area contributed by atoms with Gasteiger partial charge in [0.05, 0.1) is 23.4 Å². The van der Waals surface area contributed by atoms with Crippen molar-refractivity contribution < 1.29 is 13.2 Å². The van der Waals surface area contributed by atoms with E-state index in [-0.39, 0.29) is 10.7 Å². The predicted octanol–water partition coefficient (Wildman–Crippen LogP) is 2.70. The summed E-state index contributed by atoms with van der Waals surface area (Å²) >= 11 is 3.27. The Bertz CT molecular complexity index is 703. The Morgan fingerprint density at radius 3 is 2.50 bits per heavy atom. The van der Waals surface area contributed by atoms with Crippen molar-refractivity contribution in [2.45, 2.75) is 4.90 Å². The lowest BCUT2D eigenvalue weighted by Crippen LogP contribution is -2.14. The molecule has 6 nitrogen and oxygen atoms in total. The van der Waals surface area contributed by atoms with Gasteiger partial charge < -0.3 is 10.1 Å². The highest BCUT2D eigenvalue weighted by atomic mass is 79.9. The predicted molar refractivity (Wildman–Crippen MR) is 89.6 cm³/mol. The number of sulfonamides is 1. The van der Waals surface area contributed by atoms with Crippen LogP contribution in [0, 0.1) is 0 Å². The first-order valence-electron chi connectivity index (χ1n) is 6.48. The number of aromatic nitrogens is 1. The van der Waals surface area contributed by atoms with Gasteiger partial charge in [0.1, 0.15) is 5.82 Å². The lowest BCUT2D eigenvalue weighted by molar-refractivity contribution is 0.211. The van der Waals surface area contributed by atoms with Crippen molar-refractivity contribution in [1.29, 1.82) is 0 Å². The highest BCUT2D eigenvalue weighted by Gasteiger charge is 2.14. The largest absolute Gasteiger partial charge is 0.383 e. The van der Waals surface area contributed by atoms with Gasteiger partial charge in [0.2, 0.25) is 0 Å². The molecule has 0 aliphatic carbocycles. The maximum atomic E-state index is 12.2. The molecule has 2 N–H and O–H groups in total. The summed E-state index contributed by atoms with van der Waals surface area (Å²) in [4.78, 5) is 4.26. The van der Waals surface area contributed by atoms with Gasteiger partial charge in [-0.3, -0.25) is 4.72 Å². The van der Waals surface area contributed by atoms with Crippen molar-refractivity contribution in [2.75, 3.05) is 30.3 Å². The Kier molecular flexibility index (Phi) is 5.76. The number of benzene rings is 1. The van der Waals surface area contributed by atoms with E-state index in [9.17, 15) is 8.42 Å². The molecule has 2 aromatic rings. The molecule has 0 bridgehead atoms. The molecule has 0 saturated heterocycles. The molecule has 0 fully saturated rings. The minimum atomic E-state index is -3.64. The summed E-state index contributed by atoms with van der Waals surface area (Å²) in [5.74, 6) is 0.264. The molecule has 1 aromatic heterocycles. The summed E-state index contributed by atoms with van der Waals surface area (Å²) < 4.78 is 32.6. The molecule has 0 aliphatic rings. The fourth-order valence-electron chi connectivity index (χ4n) is 1.67. The molecule has 2 rings (SSSR count). The molecule has 1 aromatic carbocycles. The van der Waals surface area contributed by atoms with Crippen LogP contribution in [0.15, 0.2) is 52.0 Å². The minimum absolute atomic E-state index is 0.180. The van der Waals surface area contributed by atoms with E-state index in [0.717, 1.165) is 10.2 Å². The zero-order valence-corrected chi connectivity index (χ0v) is 14.3. The average Bonchev–Trinajstić information content (AvgIpc) is 2.49. The first-order valence-corrected chi connectivity index (χ1v) is 8.76. The van der Waals surface area contributed by atoms with Crippen LogP contribution in [0.5, 0.6) is 0 Å². The van der Waals surface area contributed by atoms with E-state index < -0.39 is 10.0 Å². The van der Waals surface area contributed by atoms with E-state index in [0.29, 0.717) is 13.2 Å². The van der Waals surface area contributed by atoms with Crippen LogP contribution >= 0.6 is 15.9 Å². The second kappa shape index (κ2) is 7.57. The van der Waals surface area contributed by atoms with Crippen molar-refractivity contribution in [3.8, 4) is 0 Å². The molecular weight excluding hydrogens is 370 g/mol. The van der Waals surface area contributed by atoms with Crippen molar-refractivity contribution >= 4 is 37.5 Å². The van der Waals surface area contributed by atoms with E-state index in [2.05, 4.69) is 31.0 Å². The zero-order chi connectivity index (χ0) is 16.0. The highest BCUT2D eigenvalue weighted by Crippen LogP contribution is 2.18. The number of methoxy groups -OCH3 is 1. The second-order valence-electron chi connectivity index (χ2n) is 4.41. The first kappa shape index (κ1) is 16.7. The van der Waals surface area contributed by atoms with Gasteiger partial charge in [0.15, 0.2) is 0 Å². The monoisotopic (exact) mass is 385 g/mol. The topological polar surface area (TPSA) is 80.3 Å². The van der Waals surface area contributed by atoms with Crippen LogP contribution < -0.4 is 10.0 Å². The second-order valence-corrected chi connectivity index (χ2v) is 7.01. The normalized spacial score (nSPS) is 11.2. The number of anilines is 2. The number of nitrogens with zero attached hydrogens (tertiary/aromatic N) is 1. The van der Waals surface area contributed by atoms with Crippen molar-refractivity contribution in [3.63, 3.8) is 0 Å². The van der Waals surface area contributed by atoms with Crippen LogP contribution in [-0.4, -0.2) is 33.7 Å². The van der Waals surface area contributed by atoms with Crippen LogP contribution in [0.4, 0.5) is 11.5 Å². The molecule has 8 heteroatoms. The van der Waals surface area contributed by atoms with Gasteiger partial charge in [-0.15, -0.1) is 0 Å². The number of halogens is 1. The Hall–Kier alpha value is -1.64. The molecular formula is C14H16BrN3O3S. The molecule has 0 aliphatic heterocycles. The molecule has 0 atom stereocenters. The van der Waals surface area contributed by atoms with Gasteiger partial charge in [-0.05, 0) is 36.4 Å². The summed E-state index contributed by atoms with van der Waals surface area (Å²) in [5.41, 5.74) is 0.795. The van der Waals surface area contributed by atoms with E-state index in [1.807, 2.05) is 0 Å². The summed E-state index contributed by atoms with van der Waals surface area (Å²) in [6.07, 6.45) is 1.56. The summed E-state index contributed by atoms with van der Waals surface area (Å²) in [6.45, 7) is 1.24. The van der Waals surface area contributed by atoms with Gasteiger partial charge in [-0.2, -0.15) is 0 Å². The molecule has 118 valence electrons. The third kappa shape index (κ3) is 4.69. The van der Waals surface area contributed by atoms with E-state index in [1.54, 1.807) is 37.6 Å². The lowest BCUT2D eigenvalue weighted by atomic mass is 10.4. The average molecular weight is 386 g/mol. The van der Waals surface area contributed by atoms with Gasteiger partial charge in [-0.1, -0.05) is 15.9 Å². The smallest absolute Gasteiger partial charge is 0.263 e. The fourth-order valence-corrected chi connectivity index (χ4v) is 2.94. The van der Waals surface area contributed by atoms with E-state index >= 15 is 0 Å². The zero-order valence-electron chi connectivity index (χ0n) is 11.9. The van der Waals surface area contributed by atoms with Crippen LogP contribution in [0.3, 0.4) is 0 Å². The quantitative estimate of drug-likeness (QED) is 0.716. The maximum Gasteiger partial charge on any atom is 0.263 e. The molecule has 0 radical (unpaired) electrons. The minimum Gasteiger partial charge on any atom is -0.383 e. The van der Waals surface area contributed by atoms with Crippen molar-refractivity contribution in [1.82, 2.24) is 4.98 Å². The Labute approximate surface area is 138 Å². The number of pyridine rings is 1. The standard InChI is InChI=1S/C14H16BrN3O3S/c1-21-9-8-16-12-4-7-14(17-10-12)18-22(19,20)13-5-2-11(15)3-6-13/h2-7,10,16H,8-9H2,1H3,(H,17,18). The number of ether oxygens (including phenoxy) is 1. The van der Waals surface area contributed by atoms with Gasteiger partial charge in [-0.25, -0.2) is 13.4 Å².